The van der Waals surface area contributed by atoms with Gasteiger partial charge in [0.1, 0.15) is 13.2 Å². The Morgan fingerprint density at radius 3 is 0.775 bits per heavy atom. The van der Waals surface area contributed by atoms with Gasteiger partial charge >= 0.3 is 17.9 Å². The van der Waals surface area contributed by atoms with E-state index < -0.39 is 6.10 Å². The summed E-state index contributed by atoms with van der Waals surface area (Å²) >= 11 is 0. The van der Waals surface area contributed by atoms with Crippen molar-refractivity contribution in [1.29, 1.82) is 0 Å². The molecule has 0 aliphatic carbocycles. The van der Waals surface area contributed by atoms with Gasteiger partial charge in [0.15, 0.2) is 6.10 Å². The molecule has 0 fully saturated rings. The first kappa shape index (κ1) is 75.0. The Hall–Kier alpha value is -4.97. The molecule has 0 N–H and O–H groups in total. The monoisotopic (exact) mass is 1100 g/mol. The van der Waals surface area contributed by atoms with Gasteiger partial charge in [-0.1, -0.05) is 262 Å². The minimum absolute atomic E-state index is 0.107. The van der Waals surface area contributed by atoms with E-state index in [9.17, 15) is 14.4 Å². The minimum Gasteiger partial charge on any atom is -0.462 e. The zero-order valence-corrected chi connectivity index (χ0v) is 51.5. The van der Waals surface area contributed by atoms with Gasteiger partial charge in [-0.15, -0.1) is 0 Å². The number of ether oxygens (including phenoxy) is 3. The van der Waals surface area contributed by atoms with Crippen molar-refractivity contribution in [1.82, 2.24) is 0 Å². The number of unbranched alkanes of at least 4 members (excludes halogenated alkanes) is 20. The third-order valence-corrected chi connectivity index (χ3v) is 13.2. The normalized spacial score (nSPS) is 13.2. The molecule has 0 aliphatic heterocycles. The highest BCUT2D eigenvalue weighted by molar-refractivity contribution is 5.71. The van der Waals surface area contributed by atoms with Gasteiger partial charge in [-0.25, -0.2) is 0 Å². The van der Waals surface area contributed by atoms with Gasteiger partial charge in [-0.3, -0.25) is 14.4 Å². The summed E-state index contributed by atoms with van der Waals surface area (Å²) in [4.78, 5) is 38.4. The first-order chi connectivity index (χ1) is 39.5. The number of esters is 3. The van der Waals surface area contributed by atoms with Crippen molar-refractivity contribution < 1.29 is 28.6 Å². The van der Waals surface area contributed by atoms with Crippen LogP contribution in [0.25, 0.3) is 0 Å². The summed E-state index contributed by atoms with van der Waals surface area (Å²) in [5.41, 5.74) is 0. The summed E-state index contributed by atoms with van der Waals surface area (Å²) in [7, 11) is 0. The Labute approximate surface area is 492 Å². The van der Waals surface area contributed by atoms with E-state index in [1.54, 1.807) is 0 Å². The summed E-state index contributed by atoms with van der Waals surface area (Å²) in [5, 5.41) is 0. The molecule has 0 radical (unpaired) electrons. The highest BCUT2D eigenvalue weighted by Crippen LogP contribution is 2.14. The van der Waals surface area contributed by atoms with Crippen LogP contribution in [0.1, 0.15) is 271 Å². The van der Waals surface area contributed by atoms with E-state index >= 15 is 0 Å². The molecule has 0 saturated carbocycles. The Balaban J connectivity index is 4.47. The zero-order valence-electron chi connectivity index (χ0n) is 51.5. The number of rotatable bonds is 57. The maximum absolute atomic E-state index is 12.9. The van der Waals surface area contributed by atoms with Gasteiger partial charge in [-0.2, -0.15) is 0 Å². The number of allylic oxidation sites excluding steroid dienone is 26. The van der Waals surface area contributed by atoms with Gasteiger partial charge in [0.2, 0.25) is 0 Å². The number of hydrogen-bond acceptors (Lipinski definition) is 6. The number of carbonyl (C=O) groups excluding carboxylic acids is 3. The van der Waals surface area contributed by atoms with E-state index in [-0.39, 0.29) is 37.5 Å². The van der Waals surface area contributed by atoms with Crippen molar-refractivity contribution in [3.05, 3.63) is 158 Å². The quantitative estimate of drug-likeness (QED) is 0.0261. The standard InChI is InChI=1S/C74H118O6/c1-4-7-10-13-16-19-22-25-28-31-33-34-35-36-37-38-39-40-42-43-46-49-52-55-58-61-64-67-73(76)79-70-71(69-78-72(75)66-63-60-57-54-51-48-45-30-27-24-21-18-15-12-9-6-3)80-74(77)68-65-62-59-56-53-50-47-44-41-32-29-26-23-20-17-14-11-8-5-2/h7-8,10-11,16-17,19-21,24-26,28-30,33-34,36-37,39-41,44-45,50,53,71H,4-6,9,12-15,18,22-23,27,31-32,35,38,42-43,46-49,51-52,54-70H2,1-3H3/b10-7-,11-8-,19-16-,20-17-,24-21-,28-25-,29-26-,34-33-,37-36-,40-39-,44-41-,45-30-,53-50-. The van der Waals surface area contributed by atoms with Gasteiger partial charge in [-0.05, 0) is 148 Å². The molecule has 0 saturated heterocycles. The second-order valence-corrected chi connectivity index (χ2v) is 20.9. The molecule has 1 atom stereocenters. The summed E-state index contributed by atoms with van der Waals surface area (Å²) < 4.78 is 16.9. The van der Waals surface area contributed by atoms with Crippen LogP contribution in [-0.2, 0) is 28.6 Å². The molecule has 0 aromatic heterocycles. The molecule has 0 bridgehead atoms. The molecule has 80 heavy (non-hydrogen) atoms. The molecule has 6 nitrogen and oxygen atoms in total. The molecule has 1 unspecified atom stereocenters. The third kappa shape index (κ3) is 63.9. The van der Waals surface area contributed by atoms with Crippen LogP contribution in [0, 0.1) is 0 Å². The van der Waals surface area contributed by atoms with E-state index in [0.717, 1.165) is 161 Å². The van der Waals surface area contributed by atoms with Crippen molar-refractivity contribution in [3.63, 3.8) is 0 Å². The lowest BCUT2D eigenvalue weighted by atomic mass is 10.1. The molecule has 0 rings (SSSR count). The van der Waals surface area contributed by atoms with E-state index in [1.165, 1.54) is 64.2 Å². The summed E-state index contributed by atoms with van der Waals surface area (Å²) in [6, 6.07) is 0. The molecule has 0 amide bonds. The van der Waals surface area contributed by atoms with Crippen LogP contribution in [0.15, 0.2) is 158 Å². The predicted octanol–water partition coefficient (Wildman–Crippen LogP) is 22.5. The summed E-state index contributed by atoms with van der Waals surface area (Å²) in [6.07, 6.45) is 96.7. The molecular weight excluding hydrogens is 985 g/mol. The summed E-state index contributed by atoms with van der Waals surface area (Å²) in [6.45, 7) is 6.35. The lowest BCUT2D eigenvalue weighted by Gasteiger charge is -2.18. The molecule has 0 heterocycles. The van der Waals surface area contributed by atoms with Crippen LogP contribution < -0.4 is 0 Å². The highest BCUT2D eigenvalue weighted by Gasteiger charge is 2.19. The van der Waals surface area contributed by atoms with E-state index in [1.807, 2.05) is 0 Å². The van der Waals surface area contributed by atoms with E-state index in [0.29, 0.717) is 19.3 Å². The number of carbonyl (C=O) groups is 3. The highest BCUT2D eigenvalue weighted by atomic mass is 16.6. The van der Waals surface area contributed by atoms with Crippen LogP contribution >= 0.6 is 0 Å². The lowest BCUT2D eigenvalue weighted by Crippen LogP contribution is -2.30. The van der Waals surface area contributed by atoms with Gasteiger partial charge < -0.3 is 14.2 Å². The van der Waals surface area contributed by atoms with Crippen LogP contribution in [0.5, 0.6) is 0 Å². The average molecular weight is 1100 g/mol. The topological polar surface area (TPSA) is 78.9 Å². The second-order valence-electron chi connectivity index (χ2n) is 20.9. The molecular formula is C74H118O6. The molecule has 0 aromatic carbocycles. The van der Waals surface area contributed by atoms with Crippen molar-refractivity contribution in [2.24, 2.45) is 0 Å². The lowest BCUT2D eigenvalue weighted by molar-refractivity contribution is -0.167. The SMILES string of the molecule is CC/C=C\C/C=C\C/C=C\C/C=C\C/C=C\C/C=C\CCCCCCCCCCC(=O)OCC(COC(=O)CCCCCCC/C=C\C/C=C\CCCCCC)OC(=O)CCCCC/C=C\C/C=C\C/C=C\C/C=C\C/C=C\CC. The molecule has 6 heteroatoms. The van der Waals surface area contributed by atoms with Gasteiger partial charge in [0.05, 0.1) is 0 Å². The first-order valence-electron chi connectivity index (χ1n) is 32.5. The van der Waals surface area contributed by atoms with Crippen LogP contribution in [0.3, 0.4) is 0 Å². The molecule has 0 aromatic rings. The Morgan fingerprint density at radius 2 is 0.487 bits per heavy atom. The molecule has 0 aliphatic rings. The minimum atomic E-state index is -0.814. The molecule has 0 spiro atoms. The fraction of sp³-hybridized carbons (Fsp3) is 0.608. The maximum Gasteiger partial charge on any atom is 0.306 e. The Kier molecular flexibility index (Phi) is 62.4. The first-order valence-corrected chi connectivity index (χ1v) is 32.5. The average Bonchev–Trinajstić information content (AvgIpc) is 3.46. The zero-order chi connectivity index (χ0) is 57.8. The summed E-state index contributed by atoms with van der Waals surface area (Å²) in [5.74, 6) is -0.962. The Morgan fingerprint density at radius 1 is 0.263 bits per heavy atom. The van der Waals surface area contributed by atoms with E-state index in [2.05, 4.69) is 179 Å². The van der Waals surface area contributed by atoms with Crippen molar-refractivity contribution in [3.8, 4) is 0 Å². The van der Waals surface area contributed by atoms with Crippen molar-refractivity contribution >= 4 is 17.9 Å². The maximum atomic E-state index is 12.9. The smallest absolute Gasteiger partial charge is 0.306 e. The number of hydrogen-bond donors (Lipinski definition) is 0. The van der Waals surface area contributed by atoms with Crippen LogP contribution in [0.2, 0.25) is 0 Å². The van der Waals surface area contributed by atoms with Gasteiger partial charge in [0.25, 0.3) is 0 Å². The van der Waals surface area contributed by atoms with Crippen molar-refractivity contribution in [2.75, 3.05) is 13.2 Å². The fourth-order valence-corrected chi connectivity index (χ4v) is 8.44. The van der Waals surface area contributed by atoms with Crippen molar-refractivity contribution in [2.45, 2.75) is 277 Å². The largest absolute Gasteiger partial charge is 0.462 e. The predicted molar refractivity (Wildman–Crippen MR) is 348 cm³/mol. The fourth-order valence-electron chi connectivity index (χ4n) is 8.44. The van der Waals surface area contributed by atoms with Crippen LogP contribution in [-0.4, -0.2) is 37.2 Å². The second kappa shape index (κ2) is 66.5. The van der Waals surface area contributed by atoms with E-state index in [4.69, 9.17) is 14.2 Å². The third-order valence-electron chi connectivity index (χ3n) is 13.2. The Bertz CT molecular complexity index is 1790. The van der Waals surface area contributed by atoms with Gasteiger partial charge in [0, 0.05) is 19.3 Å². The van der Waals surface area contributed by atoms with Crippen LogP contribution in [0.4, 0.5) is 0 Å². The molecule has 450 valence electrons.